The van der Waals surface area contributed by atoms with E-state index in [4.69, 9.17) is 5.11 Å². The van der Waals surface area contributed by atoms with Gasteiger partial charge in [-0.25, -0.2) is 0 Å². The average Bonchev–Trinajstić information content (AvgIpc) is 2.98. The summed E-state index contributed by atoms with van der Waals surface area (Å²) >= 11 is 0. The van der Waals surface area contributed by atoms with Gasteiger partial charge in [-0.2, -0.15) is 0 Å². The number of carbonyl (C=O) groups excluding carboxylic acids is 2. The number of hydrogen-bond acceptors (Lipinski definition) is 3. The third kappa shape index (κ3) is 4.31. The summed E-state index contributed by atoms with van der Waals surface area (Å²) in [7, 11) is 0. The van der Waals surface area contributed by atoms with Crippen LogP contribution in [0, 0.1) is 0 Å². The lowest BCUT2D eigenvalue weighted by Crippen LogP contribution is -2.48. The van der Waals surface area contributed by atoms with Gasteiger partial charge in [-0.1, -0.05) is 30.3 Å². The first kappa shape index (κ1) is 16.5. The Morgan fingerprint density at radius 1 is 1.36 bits per heavy atom. The molecule has 1 aliphatic heterocycles. The lowest BCUT2D eigenvalue weighted by atomic mass is 10.1. The predicted octanol–water partition coefficient (Wildman–Crippen LogP) is 1.11. The molecule has 1 aliphatic rings. The highest BCUT2D eigenvalue weighted by molar-refractivity contribution is 5.89. The topological polar surface area (TPSA) is 69.6 Å². The maximum Gasteiger partial charge on any atom is 0.243 e. The Kier molecular flexibility index (Phi) is 5.95. The van der Waals surface area contributed by atoms with E-state index in [2.05, 4.69) is 5.32 Å². The van der Waals surface area contributed by atoms with Crippen molar-refractivity contribution in [1.29, 1.82) is 0 Å². The number of amides is 2. The van der Waals surface area contributed by atoms with Crippen molar-refractivity contribution in [2.45, 2.75) is 44.7 Å². The van der Waals surface area contributed by atoms with Crippen LogP contribution in [0.15, 0.2) is 30.3 Å². The SMILES string of the molecule is CC(CCO)NC(=O)C1CCCN1C(=O)Cc1ccccc1. The van der Waals surface area contributed by atoms with E-state index in [9.17, 15) is 9.59 Å². The maximum absolute atomic E-state index is 12.4. The molecule has 2 unspecified atom stereocenters. The summed E-state index contributed by atoms with van der Waals surface area (Å²) in [5.41, 5.74) is 0.965. The number of carbonyl (C=O) groups is 2. The van der Waals surface area contributed by atoms with E-state index in [-0.39, 0.29) is 30.5 Å². The van der Waals surface area contributed by atoms with Crippen LogP contribution in [0.2, 0.25) is 0 Å². The smallest absolute Gasteiger partial charge is 0.243 e. The van der Waals surface area contributed by atoms with Crippen LogP contribution in [0.25, 0.3) is 0 Å². The highest BCUT2D eigenvalue weighted by Crippen LogP contribution is 2.19. The van der Waals surface area contributed by atoms with Crippen LogP contribution in [0.1, 0.15) is 31.7 Å². The summed E-state index contributed by atoms with van der Waals surface area (Å²) in [6.45, 7) is 2.54. The fourth-order valence-corrected chi connectivity index (χ4v) is 2.81. The molecule has 2 amide bonds. The first-order chi connectivity index (χ1) is 10.6. The van der Waals surface area contributed by atoms with E-state index in [1.165, 1.54) is 0 Å². The van der Waals surface area contributed by atoms with Gasteiger partial charge in [0.1, 0.15) is 6.04 Å². The summed E-state index contributed by atoms with van der Waals surface area (Å²) in [5, 5.41) is 11.8. The summed E-state index contributed by atoms with van der Waals surface area (Å²) < 4.78 is 0. The molecule has 2 rings (SSSR count). The van der Waals surface area contributed by atoms with Gasteiger partial charge in [-0.3, -0.25) is 9.59 Å². The van der Waals surface area contributed by atoms with Gasteiger partial charge in [0.2, 0.25) is 11.8 Å². The Balaban J connectivity index is 1.94. The number of aliphatic hydroxyl groups excluding tert-OH is 1. The molecule has 5 heteroatoms. The molecule has 0 spiro atoms. The predicted molar refractivity (Wildman–Crippen MR) is 84.2 cm³/mol. The molecule has 2 atom stereocenters. The van der Waals surface area contributed by atoms with Crippen molar-refractivity contribution in [3.05, 3.63) is 35.9 Å². The lowest BCUT2D eigenvalue weighted by Gasteiger charge is -2.25. The van der Waals surface area contributed by atoms with E-state index >= 15 is 0 Å². The molecule has 1 aromatic rings. The molecule has 0 aliphatic carbocycles. The summed E-state index contributed by atoms with van der Waals surface area (Å²) in [6.07, 6.45) is 2.42. The molecule has 5 nitrogen and oxygen atoms in total. The highest BCUT2D eigenvalue weighted by atomic mass is 16.3. The fraction of sp³-hybridized carbons (Fsp3) is 0.529. The van der Waals surface area contributed by atoms with Crippen LogP contribution < -0.4 is 5.32 Å². The minimum atomic E-state index is -0.377. The zero-order valence-corrected chi connectivity index (χ0v) is 13.0. The highest BCUT2D eigenvalue weighted by Gasteiger charge is 2.34. The minimum Gasteiger partial charge on any atom is -0.396 e. The normalized spacial score (nSPS) is 19.0. The van der Waals surface area contributed by atoms with Gasteiger partial charge in [0.15, 0.2) is 0 Å². The number of likely N-dealkylation sites (tertiary alicyclic amines) is 1. The maximum atomic E-state index is 12.4. The molecule has 1 saturated heterocycles. The van der Waals surface area contributed by atoms with Gasteiger partial charge < -0.3 is 15.3 Å². The van der Waals surface area contributed by atoms with Gasteiger partial charge >= 0.3 is 0 Å². The van der Waals surface area contributed by atoms with Crippen molar-refractivity contribution in [2.75, 3.05) is 13.2 Å². The van der Waals surface area contributed by atoms with Crippen molar-refractivity contribution < 1.29 is 14.7 Å². The molecule has 0 saturated carbocycles. The lowest BCUT2D eigenvalue weighted by molar-refractivity contribution is -0.138. The van der Waals surface area contributed by atoms with Crippen molar-refractivity contribution in [3.63, 3.8) is 0 Å². The molecular formula is C17H24N2O3. The summed E-state index contributed by atoms with van der Waals surface area (Å²) in [5.74, 6) is -0.112. The Bertz CT molecular complexity index is 504. The second kappa shape index (κ2) is 7.94. The van der Waals surface area contributed by atoms with E-state index in [1.54, 1.807) is 4.90 Å². The van der Waals surface area contributed by atoms with Crippen LogP contribution in [0.4, 0.5) is 0 Å². The van der Waals surface area contributed by atoms with Crippen molar-refractivity contribution in [3.8, 4) is 0 Å². The monoisotopic (exact) mass is 304 g/mol. The van der Waals surface area contributed by atoms with E-state index in [1.807, 2.05) is 37.3 Å². The van der Waals surface area contributed by atoms with Crippen molar-refractivity contribution in [1.82, 2.24) is 10.2 Å². The third-order valence-corrected chi connectivity index (χ3v) is 4.02. The molecule has 2 N–H and O–H groups in total. The Hall–Kier alpha value is -1.88. The Morgan fingerprint density at radius 3 is 2.77 bits per heavy atom. The van der Waals surface area contributed by atoms with E-state index < -0.39 is 0 Å². The summed E-state index contributed by atoms with van der Waals surface area (Å²) in [6, 6.07) is 9.13. The molecule has 0 bridgehead atoms. The van der Waals surface area contributed by atoms with Gasteiger partial charge in [-0.05, 0) is 31.7 Å². The van der Waals surface area contributed by atoms with Crippen LogP contribution >= 0.6 is 0 Å². The van der Waals surface area contributed by atoms with Crippen LogP contribution in [0.5, 0.6) is 0 Å². The van der Waals surface area contributed by atoms with Gasteiger partial charge in [0.25, 0.3) is 0 Å². The second-order valence-corrected chi connectivity index (χ2v) is 5.83. The number of aliphatic hydroxyl groups is 1. The summed E-state index contributed by atoms with van der Waals surface area (Å²) in [4.78, 5) is 26.4. The first-order valence-electron chi connectivity index (χ1n) is 7.86. The second-order valence-electron chi connectivity index (χ2n) is 5.83. The van der Waals surface area contributed by atoms with E-state index in [0.717, 1.165) is 12.0 Å². The number of nitrogens with zero attached hydrogens (tertiary/aromatic N) is 1. The van der Waals surface area contributed by atoms with Crippen molar-refractivity contribution >= 4 is 11.8 Å². The van der Waals surface area contributed by atoms with Crippen LogP contribution in [-0.4, -0.2) is 47.1 Å². The number of benzene rings is 1. The molecule has 120 valence electrons. The molecule has 0 radical (unpaired) electrons. The molecule has 1 fully saturated rings. The number of nitrogens with one attached hydrogen (secondary N) is 1. The third-order valence-electron chi connectivity index (χ3n) is 4.02. The molecular weight excluding hydrogens is 280 g/mol. The zero-order valence-electron chi connectivity index (χ0n) is 13.0. The number of hydrogen-bond donors (Lipinski definition) is 2. The molecule has 22 heavy (non-hydrogen) atoms. The first-order valence-corrected chi connectivity index (χ1v) is 7.86. The fourth-order valence-electron chi connectivity index (χ4n) is 2.81. The largest absolute Gasteiger partial charge is 0.396 e. The Morgan fingerprint density at radius 2 is 2.09 bits per heavy atom. The van der Waals surface area contributed by atoms with E-state index in [0.29, 0.717) is 25.8 Å². The molecule has 1 heterocycles. The van der Waals surface area contributed by atoms with Gasteiger partial charge in [0, 0.05) is 19.2 Å². The average molecular weight is 304 g/mol. The van der Waals surface area contributed by atoms with Gasteiger partial charge in [0.05, 0.1) is 6.42 Å². The Labute approximate surface area is 131 Å². The standard InChI is InChI=1S/C17H24N2O3/c1-13(9-11-20)18-17(22)15-8-5-10-19(15)16(21)12-14-6-3-2-4-7-14/h2-4,6-7,13,15,20H,5,8-12H2,1H3,(H,18,22). The molecule has 1 aromatic carbocycles. The van der Waals surface area contributed by atoms with Crippen LogP contribution in [0.3, 0.4) is 0 Å². The zero-order chi connectivity index (χ0) is 15.9. The van der Waals surface area contributed by atoms with Gasteiger partial charge in [-0.15, -0.1) is 0 Å². The molecule has 0 aromatic heterocycles. The minimum absolute atomic E-state index is 0.00124. The van der Waals surface area contributed by atoms with Crippen molar-refractivity contribution in [2.24, 2.45) is 0 Å². The van der Waals surface area contributed by atoms with Crippen LogP contribution in [-0.2, 0) is 16.0 Å². The number of rotatable bonds is 6. The quantitative estimate of drug-likeness (QED) is 0.827.